The van der Waals surface area contributed by atoms with Crippen LogP contribution in [0.2, 0.25) is 0 Å². The number of aromatic nitrogens is 3. The summed E-state index contributed by atoms with van der Waals surface area (Å²) in [5.41, 5.74) is 17.9. The fraction of sp³-hybridized carbons (Fsp3) is 0. The van der Waals surface area contributed by atoms with Gasteiger partial charge >= 0.3 is 0 Å². The molecule has 63 heavy (non-hydrogen) atoms. The minimum absolute atomic E-state index is 1.14. The van der Waals surface area contributed by atoms with Crippen LogP contribution in [0.4, 0.5) is 0 Å². The molecule has 0 aliphatic carbocycles. The monoisotopic (exact) mass is 801 g/mol. The third-order valence-corrected chi connectivity index (χ3v) is 13.0. The lowest BCUT2D eigenvalue weighted by molar-refractivity contribution is 1.18. The summed E-state index contributed by atoms with van der Waals surface area (Å²) in [7, 11) is 0. The summed E-state index contributed by atoms with van der Waals surface area (Å²) in [4.78, 5) is 0. The highest BCUT2D eigenvalue weighted by Crippen LogP contribution is 2.41. The van der Waals surface area contributed by atoms with E-state index in [4.69, 9.17) is 0 Å². The first-order valence-corrected chi connectivity index (χ1v) is 21.7. The van der Waals surface area contributed by atoms with Crippen LogP contribution in [0.3, 0.4) is 0 Å². The van der Waals surface area contributed by atoms with E-state index in [1.165, 1.54) is 110 Å². The van der Waals surface area contributed by atoms with Crippen molar-refractivity contribution >= 4 is 65.4 Å². The first kappa shape index (κ1) is 35.4. The standard InChI is InChI=1S/C60H39N3/c1-4-14-40(15-5-1)42-26-33-59-53(37-42)54-39-45(44-28-34-58-52(38-44)50-21-11-13-23-56(50)62(58)47-18-8-3-9-19-47)29-35-60(54)63(59)48-30-24-41(25-31-48)43-27-32-57-51(36-43)49-20-10-12-22-55(49)61(57)46-16-6-2-7-17-46/h1-39H. The number of nitrogens with zero attached hydrogens (tertiary/aromatic N) is 3. The van der Waals surface area contributed by atoms with E-state index >= 15 is 0 Å². The molecule has 0 bridgehead atoms. The van der Waals surface area contributed by atoms with Gasteiger partial charge in [0.2, 0.25) is 0 Å². The lowest BCUT2D eigenvalue weighted by Gasteiger charge is -2.11. The molecule has 0 aliphatic rings. The highest BCUT2D eigenvalue weighted by molar-refractivity contribution is 6.14. The van der Waals surface area contributed by atoms with Crippen LogP contribution in [0.25, 0.3) is 116 Å². The molecule has 0 fully saturated rings. The molecule has 3 heterocycles. The van der Waals surface area contributed by atoms with Crippen LogP contribution in [0.1, 0.15) is 0 Å². The van der Waals surface area contributed by atoms with Crippen molar-refractivity contribution in [1.29, 1.82) is 0 Å². The molecule has 0 spiro atoms. The van der Waals surface area contributed by atoms with Gasteiger partial charge in [-0.15, -0.1) is 0 Å². The maximum absolute atomic E-state index is 2.43. The molecular weight excluding hydrogens is 763 g/mol. The van der Waals surface area contributed by atoms with Crippen LogP contribution in [-0.2, 0) is 0 Å². The molecule has 3 nitrogen and oxygen atoms in total. The molecule has 0 saturated carbocycles. The summed E-state index contributed by atoms with van der Waals surface area (Å²) in [5.74, 6) is 0. The van der Waals surface area contributed by atoms with E-state index in [-0.39, 0.29) is 0 Å². The Balaban J connectivity index is 0.944. The third kappa shape index (κ3) is 5.60. The Labute approximate surface area is 364 Å². The largest absolute Gasteiger partial charge is 0.309 e. The summed E-state index contributed by atoms with van der Waals surface area (Å²) in [6, 6.07) is 86.4. The Morgan fingerprint density at radius 3 is 0.857 bits per heavy atom. The third-order valence-electron chi connectivity index (χ3n) is 13.0. The Hall–Kier alpha value is -8.40. The van der Waals surface area contributed by atoms with Crippen LogP contribution in [0.15, 0.2) is 237 Å². The quantitative estimate of drug-likeness (QED) is 0.159. The second-order valence-electron chi connectivity index (χ2n) is 16.6. The predicted molar refractivity (Wildman–Crippen MR) is 266 cm³/mol. The first-order valence-electron chi connectivity index (χ1n) is 21.7. The molecular formula is C60H39N3. The SMILES string of the molecule is c1ccc(-c2ccc3c(c2)c2cc(-c4ccc5c(c4)c4ccccc4n5-c4ccccc4)ccc2n3-c2ccc(-c3ccc4c(c3)c3ccccc3n4-c3ccccc3)cc2)cc1. The normalized spacial score (nSPS) is 11.8. The highest BCUT2D eigenvalue weighted by Gasteiger charge is 2.18. The molecule has 10 aromatic carbocycles. The van der Waals surface area contributed by atoms with Gasteiger partial charge in [0.05, 0.1) is 33.1 Å². The van der Waals surface area contributed by atoms with E-state index in [9.17, 15) is 0 Å². The Kier molecular flexibility index (Phi) is 7.91. The minimum atomic E-state index is 1.14. The van der Waals surface area contributed by atoms with Gasteiger partial charge in [-0.25, -0.2) is 0 Å². The van der Waals surface area contributed by atoms with Gasteiger partial charge in [-0.2, -0.15) is 0 Å². The van der Waals surface area contributed by atoms with E-state index in [0.717, 1.165) is 5.69 Å². The Morgan fingerprint density at radius 1 is 0.175 bits per heavy atom. The van der Waals surface area contributed by atoms with Crippen molar-refractivity contribution in [3.05, 3.63) is 237 Å². The summed E-state index contributed by atoms with van der Waals surface area (Å²) in [6.07, 6.45) is 0. The second-order valence-corrected chi connectivity index (χ2v) is 16.6. The lowest BCUT2D eigenvalue weighted by atomic mass is 9.99. The molecule has 0 saturated heterocycles. The molecule has 0 amide bonds. The van der Waals surface area contributed by atoms with E-state index < -0.39 is 0 Å². The predicted octanol–water partition coefficient (Wildman–Crippen LogP) is 16.0. The molecule has 294 valence electrons. The van der Waals surface area contributed by atoms with Gasteiger partial charge in [0.15, 0.2) is 0 Å². The molecule has 3 aromatic heterocycles. The number of fused-ring (bicyclic) bond motifs is 9. The average Bonchev–Trinajstić information content (AvgIpc) is 3.99. The van der Waals surface area contributed by atoms with Crippen molar-refractivity contribution in [2.75, 3.05) is 0 Å². The van der Waals surface area contributed by atoms with Gasteiger partial charge in [-0.1, -0.05) is 140 Å². The zero-order chi connectivity index (χ0) is 41.4. The second kappa shape index (κ2) is 14.1. The van der Waals surface area contributed by atoms with Crippen LogP contribution < -0.4 is 0 Å². The fourth-order valence-corrected chi connectivity index (χ4v) is 10.1. The van der Waals surface area contributed by atoms with Crippen molar-refractivity contribution in [3.63, 3.8) is 0 Å². The van der Waals surface area contributed by atoms with E-state index in [0.29, 0.717) is 0 Å². The number of para-hydroxylation sites is 4. The van der Waals surface area contributed by atoms with Crippen LogP contribution >= 0.6 is 0 Å². The van der Waals surface area contributed by atoms with E-state index in [1.807, 2.05) is 0 Å². The van der Waals surface area contributed by atoms with Crippen LogP contribution in [0.5, 0.6) is 0 Å². The molecule has 0 atom stereocenters. The molecule has 0 unspecified atom stereocenters. The molecule has 0 aliphatic heterocycles. The number of hydrogen-bond donors (Lipinski definition) is 0. The molecule has 13 rings (SSSR count). The van der Waals surface area contributed by atoms with Crippen molar-refractivity contribution in [1.82, 2.24) is 13.7 Å². The van der Waals surface area contributed by atoms with Gasteiger partial charge in [-0.05, 0) is 130 Å². The van der Waals surface area contributed by atoms with Gasteiger partial charge in [0.25, 0.3) is 0 Å². The van der Waals surface area contributed by atoms with Crippen LogP contribution in [0, 0.1) is 0 Å². The number of hydrogen-bond acceptors (Lipinski definition) is 0. The fourth-order valence-electron chi connectivity index (χ4n) is 10.1. The molecule has 13 aromatic rings. The summed E-state index contributed by atoms with van der Waals surface area (Å²) < 4.78 is 7.18. The topological polar surface area (TPSA) is 14.8 Å². The van der Waals surface area contributed by atoms with E-state index in [1.54, 1.807) is 0 Å². The van der Waals surface area contributed by atoms with Crippen molar-refractivity contribution in [2.24, 2.45) is 0 Å². The van der Waals surface area contributed by atoms with Crippen LogP contribution in [-0.4, -0.2) is 13.7 Å². The highest BCUT2D eigenvalue weighted by atomic mass is 15.0. The maximum Gasteiger partial charge on any atom is 0.0541 e. The Bertz CT molecular complexity index is 3870. The van der Waals surface area contributed by atoms with Crippen molar-refractivity contribution in [2.45, 2.75) is 0 Å². The van der Waals surface area contributed by atoms with Crippen molar-refractivity contribution in [3.8, 4) is 50.4 Å². The summed E-state index contributed by atoms with van der Waals surface area (Å²) in [5, 5.41) is 7.49. The van der Waals surface area contributed by atoms with Crippen molar-refractivity contribution < 1.29 is 0 Å². The first-order chi connectivity index (χ1) is 31.2. The van der Waals surface area contributed by atoms with Gasteiger partial charge in [0, 0.05) is 49.4 Å². The van der Waals surface area contributed by atoms with Gasteiger partial charge in [-0.3, -0.25) is 0 Å². The average molecular weight is 802 g/mol. The molecule has 0 radical (unpaired) electrons. The summed E-state index contributed by atoms with van der Waals surface area (Å²) in [6.45, 7) is 0. The number of rotatable bonds is 6. The number of benzene rings is 10. The molecule has 0 N–H and O–H groups in total. The maximum atomic E-state index is 2.43. The zero-order valence-electron chi connectivity index (χ0n) is 34.4. The zero-order valence-corrected chi connectivity index (χ0v) is 34.4. The Morgan fingerprint density at radius 2 is 0.444 bits per heavy atom. The van der Waals surface area contributed by atoms with Gasteiger partial charge in [0.1, 0.15) is 0 Å². The smallest absolute Gasteiger partial charge is 0.0541 e. The minimum Gasteiger partial charge on any atom is -0.309 e. The van der Waals surface area contributed by atoms with Gasteiger partial charge < -0.3 is 13.7 Å². The molecule has 3 heteroatoms. The summed E-state index contributed by atoms with van der Waals surface area (Å²) >= 11 is 0. The lowest BCUT2D eigenvalue weighted by Crippen LogP contribution is -1.94. The van der Waals surface area contributed by atoms with E-state index in [2.05, 4.69) is 250 Å².